The molecule has 6 aromatic rings. The van der Waals surface area contributed by atoms with Gasteiger partial charge in [0.05, 0.1) is 5.69 Å². The zero-order valence-electron chi connectivity index (χ0n) is 32.5. The number of aryl methyl sites for hydroxylation is 1. The Morgan fingerprint density at radius 2 is 1.58 bits per heavy atom. The largest absolute Gasteiger partial charge is 2.00 e. The average molecular weight is 872 g/mol. The van der Waals surface area contributed by atoms with Crippen molar-refractivity contribution in [1.82, 2.24) is 19.3 Å². The van der Waals surface area contributed by atoms with Crippen LogP contribution in [0.25, 0.3) is 33.3 Å². The molecule has 3 atom stereocenters. The van der Waals surface area contributed by atoms with E-state index in [9.17, 15) is 0 Å². The van der Waals surface area contributed by atoms with Crippen molar-refractivity contribution < 1.29 is 25.8 Å². The van der Waals surface area contributed by atoms with E-state index in [0.717, 1.165) is 39.0 Å². The van der Waals surface area contributed by atoms with Crippen molar-refractivity contribution in [3.8, 4) is 23.0 Å². The first-order chi connectivity index (χ1) is 24.2. The van der Waals surface area contributed by atoms with E-state index < -0.39 is 0 Å². The second kappa shape index (κ2) is 14.5. The number of benzene rings is 3. The molecule has 0 N–H and O–H groups in total. The fourth-order valence-electron chi connectivity index (χ4n) is 8.19. The number of rotatable bonds is 7. The van der Waals surface area contributed by atoms with Crippen LogP contribution in [0.5, 0.6) is 11.5 Å². The van der Waals surface area contributed by atoms with Gasteiger partial charge in [-0.05, 0) is 91.1 Å². The minimum Gasteiger partial charge on any atom is -0.509 e. The van der Waals surface area contributed by atoms with Crippen LogP contribution in [0.4, 0.5) is 0 Å². The van der Waals surface area contributed by atoms with Crippen LogP contribution in [0.1, 0.15) is 115 Å². The molecule has 0 aliphatic heterocycles. The SMILES string of the molecule is CC1=C[C@H](C(C)(C)C)C[C@H](C)C1c1c(C)nn(-c2[c-]c(Oc3[c-]c4c(cc3)c3ccccc3n4-c3cc(C(C)C)ccn3)cc(C(C)C)c2)c1C.[Pt+2]. The summed E-state index contributed by atoms with van der Waals surface area (Å²) in [6, 6.07) is 28.5. The van der Waals surface area contributed by atoms with Crippen LogP contribution >= 0.6 is 0 Å². The fraction of sp³-hybridized carbons (Fsp3) is 0.391. The van der Waals surface area contributed by atoms with Gasteiger partial charge in [-0.15, -0.1) is 41.3 Å². The summed E-state index contributed by atoms with van der Waals surface area (Å²) < 4.78 is 10.9. The Morgan fingerprint density at radius 1 is 0.846 bits per heavy atom. The van der Waals surface area contributed by atoms with Crippen molar-refractivity contribution in [3.05, 3.63) is 119 Å². The first kappa shape index (κ1) is 37.8. The molecule has 7 rings (SSSR count). The molecule has 1 aliphatic rings. The van der Waals surface area contributed by atoms with E-state index in [1.54, 1.807) is 0 Å². The van der Waals surface area contributed by atoms with Gasteiger partial charge < -0.3 is 9.30 Å². The number of fused-ring (bicyclic) bond motifs is 3. The van der Waals surface area contributed by atoms with E-state index in [1.807, 2.05) is 12.3 Å². The maximum atomic E-state index is 6.66. The molecule has 52 heavy (non-hydrogen) atoms. The molecule has 0 bridgehead atoms. The Hall–Kier alpha value is -3.95. The number of allylic oxidation sites excluding steroid dienone is 2. The molecule has 3 heterocycles. The molecule has 3 aromatic carbocycles. The topological polar surface area (TPSA) is 44.9 Å². The Balaban J connectivity index is 0.00000464. The van der Waals surface area contributed by atoms with Crippen LogP contribution in [-0.4, -0.2) is 19.3 Å². The molecular formula is C46H52N4OPt. The zero-order valence-corrected chi connectivity index (χ0v) is 34.8. The third kappa shape index (κ3) is 6.94. The van der Waals surface area contributed by atoms with Crippen LogP contribution in [0.15, 0.2) is 78.5 Å². The third-order valence-corrected chi connectivity index (χ3v) is 11.1. The molecule has 3 aromatic heterocycles. The summed E-state index contributed by atoms with van der Waals surface area (Å²) in [5, 5.41) is 7.43. The molecule has 0 amide bonds. The van der Waals surface area contributed by atoms with Crippen molar-refractivity contribution in [2.45, 2.75) is 100 Å². The molecule has 0 spiro atoms. The second-order valence-electron chi connectivity index (χ2n) is 16.5. The smallest absolute Gasteiger partial charge is 0.509 e. The van der Waals surface area contributed by atoms with E-state index >= 15 is 0 Å². The summed E-state index contributed by atoms with van der Waals surface area (Å²) in [4.78, 5) is 4.81. The van der Waals surface area contributed by atoms with Gasteiger partial charge in [0.25, 0.3) is 0 Å². The average Bonchev–Trinajstić information content (AvgIpc) is 3.56. The van der Waals surface area contributed by atoms with Gasteiger partial charge in [-0.3, -0.25) is 4.68 Å². The van der Waals surface area contributed by atoms with E-state index in [-0.39, 0.29) is 26.5 Å². The number of hydrogen-bond donors (Lipinski definition) is 0. The quantitative estimate of drug-likeness (QED) is 0.119. The minimum absolute atomic E-state index is 0. The summed E-state index contributed by atoms with van der Waals surface area (Å²) in [5.41, 5.74) is 10.7. The summed E-state index contributed by atoms with van der Waals surface area (Å²) in [7, 11) is 0. The first-order valence-corrected chi connectivity index (χ1v) is 18.6. The molecule has 272 valence electrons. The Morgan fingerprint density at radius 3 is 2.27 bits per heavy atom. The second-order valence-corrected chi connectivity index (χ2v) is 16.5. The van der Waals surface area contributed by atoms with Gasteiger partial charge >= 0.3 is 21.1 Å². The van der Waals surface area contributed by atoms with Crippen LogP contribution in [-0.2, 0) is 21.1 Å². The minimum atomic E-state index is 0. The van der Waals surface area contributed by atoms with Gasteiger partial charge in [0.1, 0.15) is 5.82 Å². The maximum absolute atomic E-state index is 6.66. The van der Waals surface area contributed by atoms with Crippen molar-refractivity contribution >= 4 is 21.8 Å². The number of aromatic nitrogens is 4. The van der Waals surface area contributed by atoms with Gasteiger partial charge in [-0.25, -0.2) is 4.98 Å². The normalized spacial score (nSPS) is 17.9. The molecule has 0 saturated heterocycles. The van der Waals surface area contributed by atoms with Crippen molar-refractivity contribution in [1.29, 1.82) is 0 Å². The number of nitrogens with zero attached hydrogens (tertiary/aromatic N) is 4. The van der Waals surface area contributed by atoms with Crippen LogP contribution in [0, 0.1) is 43.2 Å². The molecule has 1 unspecified atom stereocenters. The van der Waals surface area contributed by atoms with Crippen molar-refractivity contribution in [3.63, 3.8) is 0 Å². The predicted molar refractivity (Wildman–Crippen MR) is 211 cm³/mol. The van der Waals surface area contributed by atoms with Crippen molar-refractivity contribution in [2.24, 2.45) is 17.3 Å². The Kier molecular flexibility index (Phi) is 10.5. The van der Waals surface area contributed by atoms with Gasteiger partial charge in [-0.2, -0.15) is 11.2 Å². The van der Waals surface area contributed by atoms with E-state index in [4.69, 9.17) is 14.8 Å². The van der Waals surface area contributed by atoms with Crippen LogP contribution < -0.4 is 4.74 Å². The van der Waals surface area contributed by atoms with Gasteiger partial charge in [-0.1, -0.05) is 90.8 Å². The first-order valence-electron chi connectivity index (χ1n) is 18.6. The van der Waals surface area contributed by atoms with E-state index in [1.165, 1.54) is 34.4 Å². The third-order valence-electron chi connectivity index (χ3n) is 11.1. The van der Waals surface area contributed by atoms with Gasteiger partial charge in [0, 0.05) is 40.4 Å². The van der Waals surface area contributed by atoms with Gasteiger partial charge in [0.15, 0.2) is 0 Å². The molecule has 0 fully saturated rings. The monoisotopic (exact) mass is 871 g/mol. The number of hydrogen-bond acceptors (Lipinski definition) is 3. The van der Waals surface area contributed by atoms with Crippen LogP contribution in [0.2, 0.25) is 0 Å². The van der Waals surface area contributed by atoms with Gasteiger partial charge in [0.2, 0.25) is 0 Å². The summed E-state index contributed by atoms with van der Waals surface area (Å²) in [6.45, 7) is 25.0. The zero-order chi connectivity index (χ0) is 36.4. The number of para-hydroxylation sites is 1. The van der Waals surface area contributed by atoms with Crippen LogP contribution in [0.3, 0.4) is 0 Å². The van der Waals surface area contributed by atoms with E-state index in [2.05, 4.69) is 158 Å². The molecule has 0 saturated carbocycles. The van der Waals surface area contributed by atoms with E-state index in [0.29, 0.717) is 41.1 Å². The summed E-state index contributed by atoms with van der Waals surface area (Å²) >= 11 is 0. The molecular weight excluding hydrogens is 820 g/mol. The Bertz CT molecular complexity index is 2280. The molecule has 5 nitrogen and oxygen atoms in total. The standard InChI is InChI=1S/C46H52N4O.Pt/c1-27(2)33-18-19-47-43(24-33)49-41-15-13-12-14-39(41)40-17-16-37(26-42(40)49)51-38-23-34(28(3)4)22-36(25-38)50-32(8)45(31(7)48-50)44-29(5)20-35(21-30(44)6)46(9,10)11;/h12-20,22-24,27-28,30,35,44H,21H2,1-11H3;/q-2;+2/t30-,35-,44?;/m0./s1. The maximum Gasteiger partial charge on any atom is 2.00 e. The Labute approximate surface area is 324 Å². The number of pyridine rings is 1. The molecule has 0 radical (unpaired) electrons. The molecule has 6 heteroatoms. The van der Waals surface area contributed by atoms with Crippen molar-refractivity contribution in [2.75, 3.05) is 0 Å². The summed E-state index contributed by atoms with van der Waals surface area (Å²) in [5.74, 6) is 4.31. The fourth-order valence-corrected chi connectivity index (χ4v) is 8.19. The predicted octanol–water partition coefficient (Wildman–Crippen LogP) is 12.4. The summed E-state index contributed by atoms with van der Waals surface area (Å²) in [6.07, 6.45) is 5.61. The molecule has 1 aliphatic carbocycles. The number of ether oxygens (including phenoxy) is 1.